The van der Waals surface area contributed by atoms with Crippen LogP contribution >= 0.6 is 0 Å². The highest BCUT2D eigenvalue weighted by molar-refractivity contribution is 5.96. The van der Waals surface area contributed by atoms with E-state index < -0.39 is 17.4 Å². The maximum Gasteiger partial charge on any atom is 0.346 e. The molecule has 0 aliphatic rings. The van der Waals surface area contributed by atoms with Crippen molar-refractivity contribution in [1.82, 2.24) is 0 Å². The van der Waals surface area contributed by atoms with Gasteiger partial charge < -0.3 is 14.6 Å². The first-order chi connectivity index (χ1) is 11.5. The molecule has 2 aromatic rings. The van der Waals surface area contributed by atoms with Crippen molar-refractivity contribution in [1.29, 1.82) is 5.26 Å². The lowest BCUT2D eigenvalue weighted by Crippen LogP contribution is -2.01. The lowest BCUT2D eigenvalue weighted by atomic mass is 10.1. The van der Waals surface area contributed by atoms with E-state index in [0.29, 0.717) is 16.9 Å². The molecule has 0 aliphatic carbocycles. The molecule has 0 saturated heterocycles. The van der Waals surface area contributed by atoms with E-state index in [1.807, 2.05) is 0 Å². The van der Waals surface area contributed by atoms with Crippen molar-refractivity contribution in [3.8, 4) is 17.6 Å². The monoisotopic (exact) mass is 327 g/mol. The summed E-state index contributed by atoms with van der Waals surface area (Å²) in [6.07, 6.45) is 1.19. The fourth-order valence-corrected chi connectivity index (χ4v) is 1.95. The first kappa shape index (κ1) is 17.0. The Morgan fingerprint density at radius 2 is 2.08 bits per heavy atom. The summed E-state index contributed by atoms with van der Waals surface area (Å²) < 4.78 is 24.4. The van der Waals surface area contributed by atoms with E-state index in [1.54, 1.807) is 42.5 Å². The molecule has 0 fully saturated rings. The second-order valence-electron chi connectivity index (χ2n) is 4.76. The van der Waals surface area contributed by atoms with E-state index in [4.69, 9.17) is 19.8 Å². The average molecular weight is 327 g/mol. The first-order valence-electron chi connectivity index (χ1n) is 6.94. The summed E-state index contributed by atoms with van der Waals surface area (Å²) >= 11 is 0. The number of methoxy groups -OCH3 is 1. The Morgan fingerprint density at radius 1 is 1.33 bits per heavy atom. The summed E-state index contributed by atoms with van der Waals surface area (Å²) in [5.41, 5.74) is 0.302. The predicted molar refractivity (Wildman–Crippen MR) is 85.0 cm³/mol. The predicted octanol–water partition coefficient (Wildman–Crippen LogP) is 3.40. The van der Waals surface area contributed by atoms with Crippen LogP contribution in [0.1, 0.15) is 11.1 Å². The Morgan fingerprint density at radius 3 is 2.71 bits per heavy atom. The molecule has 0 radical (unpaired) electrons. The summed E-state index contributed by atoms with van der Waals surface area (Å²) in [6.45, 7) is -0.0460. The van der Waals surface area contributed by atoms with Crippen molar-refractivity contribution in [2.24, 2.45) is 0 Å². The molecule has 0 bridgehead atoms. The number of nitriles is 1. The smallest absolute Gasteiger partial charge is 0.346 e. The van der Waals surface area contributed by atoms with Crippen molar-refractivity contribution in [2.75, 3.05) is 7.11 Å². The zero-order chi connectivity index (χ0) is 17.5. The molecule has 0 heterocycles. The molecule has 0 saturated carbocycles. The topological polar surface area (TPSA) is 79.5 Å². The van der Waals surface area contributed by atoms with Crippen molar-refractivity contribution in [2.45, 2.75) is 6.61 Å². The minimum atomic E-state index is -1.34. The molecule has 2 aromatic carbocycles. The number of rotatable bonds is 6. The second-order valence-corrected chi connectivity index (χ2v) is 4.76. The minimum absolute atomic E-state index is 0.0460. The normalized spacial score (nSPS) is 10.8. The van der Waals surface area contributed by atoms with Crippen molar-refractivity contribution in [3.63, 3.8) is 0 Å². The van der Waals surface area contributed by atoms with E-state index in [1.165, 1.54) is 19.3 Å². The first-order valence-corrected chi connectivity index (χ1v) is 6.94. The number of benzene rings is 2. The fraction of sp³-hybridized carbons (Fsp3) is 0.111. The van der Waals surface area contributed by atoms with Crippen LogP contribution in [-0.4, -0.2) is 18.2 Å². The van der Waals surface area contributed by atoms with Crippen LogP contribution in [0.4, 0.5) is 4.39 Å². The molecule has 0 aromatic heterocycles. The van der Waals surface area contributed by atoms with Crippen LogP contribution < -0.4 is 9.47 Å². The number of carboxylic acid groups (broad SMARTS) is 1. The van der Waals surface area contributed by atoms with Crippen LogP contribution in [0, 0.1) is 17.1 Å². The quantitative estimate of drug-likeness (QED) is 0.650. The van der Waals surface area contributed by atoms with E-state index in [0.717, 1.165) is 0 Å². The minimum Gasteiger partial charge on any atom is -0.497 e. The third kappa shape index (κ3) is 4.11. The highest BCUT2D eigenvalue weighted by atomic mass is 19.1. The largest absolute Gasteiger partial charge is 0.497 e. The third-order valence-corrected chi connectivity index (χ3v) is 3.21. The van der Waals surface area contributed by atoms with Gasteiger partial charge in [0.05, 0.1) is 7.11 Å². The van der Waals surface area contributed by atoms with Gasteiger partial charge in [0.1, 0.15) is 35.6 Å². The molecule has 6 heteroatoms. The number of carbonyl (C=O) groups is 1. The van der Waals surface area contributed by atoms with Crippen LogP contribution in [0.25, 0.3) is 6.08 Å². The van der Waals surface area contributed by atoms with Gasteiger partial charge in [-0.1, -0.05) is 18.2 Å². The van der Waals surface area contributed by atoms with E-state index in [2.05, 4.69) is 0 Å². The molecule has 0 unspecified atom stereocenters. The lowest BCUT2D eigenvalue weighted by Gasteiger charge is -2.12. The number of carboxylic acids is 1. The molecular formula is C18H14FNO4. The second kappa shape index (κ2) is 7.79. The molecule has 0 aliphatic heterocycles. The lowest BCUT2D eigenvalue weighted by molar-refractivity contribution is -0.132. The van der Waals surface area contributed by atoms with Crippen LogP contribution in [-0.2, 0) is 11.4 Å². The van der Waals surface area contributed by atoms with Crippen molar-refractivity contribution >= 4 is 12.0 Å². The zero-order valence-corrected chi connectivity index (χ0v) is 12.8. The summed E-state index contributed by atoms with van der Waals surface area (Å²) in [7, 11) is 1.48. The molecular weight excluding hydrogens is 313 g/mol. The number of hydrogen-bond acceptors (Lipinski definition) is 4. The highest BCUT2D eigenvalue weighted by Crippen LogP contribution is 2.28. The maximum atomic E-state index is 13.7. The average Bonchev–Trinajstić information content (AvgIpc) is 2.59. The van der Waals surface area contributed by atoms with E-state index >= 15 is 0 Å². The molecule has 0 amide bonds. The van der Waals surface area contributed by atoms with Crippen molar-refractivity contribution < 1.29 is 23.8 Å². The number of ether oxygens (including phenoxy) is 2. The van der Waals surface area contributed by atoms with Gasteiger partial charge in [0.15, 0.2) is 0 Å². The molecule has 122 valence electrons. The van der Waals surface area contributed by atoms with Gasteiger partial charge in [-0.25, -0.2) is 9.18 Å². The molecule has 24 heavy (non-hydrogen) atoms. The SMILES string of the molecule is COc1ccc(C=C(C#N)C(=O)O)c(OCc2ccccc2F)c1. The number of nitrogens with zero attached hydrogens (tertiary/aromatic N) is 1. The van der Waals surface area contributed by atoms with Gasteiger partial charge >= 0.3 is 5.97 Å². The Balaban J connectivity index is 2.35. The Labute approximate surface area is 138 Å². The summed E-state index contributed by atoms with van der Waals surface area (Å²) in [4.78, 5) is 11.0. The Hall–Kier alpha value is -3.33. The van der Waals surface area contributed by atoms with Gasteiger partial charge in [-0.3, -0.25) is 0 Å². The summed E-state index contributed by atoms with van der Waals surface area (Å²) in [5, 5.41) is 17.8. The standard InChI is InChI=1S/C18H14FNO4/c1-23-15-7-6-12(8-14(10-20)18(21)22)17(9-15)24-11-13-4-2-3-5-16(13)19/h2-9H,11H2,1H3,(H,21,22). The Bertz CT molecular complexity index is 824. The summed E-state index contributed by atoms with van der Waals surface area (Å²) in [5.74, 6) is -0.967. The van der Waals surface area contributed by atoms with E-state index in [-0.39, 0.29) is 12.4 Å². The van der Waals surface area contributed by atoms with Crippen LogP contribution in [0.3, 0.4) is 0 Å². The van der Waals surface area contributed by atoms with E-state index in [9.17, 15) is 9.18 Å². The van der Waals surface area contributed by atoms with Gasteiger partial charge in [0, 0.05) is 17.2 Å². The molecule has 2 rings (SSSR count). The van der Waals surface area contributed by atoms with Crippen molar-refractivity contribution in [3.05, 3.63) is 65.0 Å². The highest BCUT2D eigenvalue weighted by Gasteiger charge is 2.11. The fourth-order valence-electron chi connectivity index (χ4n) is 1.95. The zero-order valence-electron chi connectivity index (χ0n) is 12.8. The van der Waals surface area contributed by atoms with Gasteiger partial charge in [-0.2, -0.15) is 5.26 Å². The van der Waals surface area contributed by atoms with Gasteiger partial charge in [0.2, 0.25) is 0 Å². The number of aliphatic carboxylic acids is 1. The maximum absolute atomic E-state index is 13.7. The molecule has 0 atom stereocenters. The van der Waals surface area contributed by atoms with Crippen LogP contribution in [0.5, 0.6) is 11.5 Å². The van der Waals surface area contributed by atoms with Gasteiger partial charge in [-0.15, -0.1) is 0 Å². The van der Waals surface area contributed by atoms with Crippen LogP contribution in [0.2, 0.25) is 0 Å². The number of hydrogen-bond donors (Lipinski definition) is 1. The molecule has 0 spiro atoms. The van der Waals surface area contributed by atoms with Gasteiger partial charge in [-0.05, 0) is 24.3 Å². The molecule has 1 N–H and O–H groups in total. The van der Waals surface area contributed by atoms with Gasteiger partial charge in [0.25, 0.3) is 0 Å². The molecule has 5 nitrogen and oxygen atoms in total. The number of halogens is 1. The van der Waals surface area contributed by atoms with Crippen LogP contribution in [0.15, 0.2) is 48.0 Å². The summed E-state index contributed by atoms with van der Waals surface area (Å²) in [6, 6.07) is 12.5. The Kier molecular flexibility index (Phi) is 5.53. The third-order valence-electron chi connectivity index (χ3n) is 3.21.